The highest BCUT2D eigenvalue weighted by atomic mass is 16.5. The molecule has 1 amide bonds. The topological polar surface area (TPSA) is 68.5 Å². The Labute approximate surface area is 145 Å². The number of ether oxygens (including phenoxy) is 1. The summed E-state index contributed by atoms with van der Waals surface area (Å²) in [6.45, 7) is 3.75. The Balaban J connectivity index is 1.70. The molecule has 0 saturated heterocycles. The highest BCUT2D eigenvalue weighted by molar-refractivity contribution is 5.92. The maximum atomic E-state index is 12.1. The lowest BCUT2D eigenvalue weighted by atomic mass is 10.1. The molecular formula is C20H19NO4. The van der Waals surface area contributed by atoms with Gasteiger partial charge in [-0.05, 0) is 42.7 Å². The molecule has 5 heteroatoms. The second-order valence-corrected chi connectivity index (χ2v) is 5.75. The maximum Gasteiger partial charge on any atom is 0.336 e. The Morgan fingerprint density at radius 1 is 1.16 bits per heavy atom. The molecule has 2 aromatic carbocycles. The third-order valence-corrected chi connectivity index (χ3v) is 3.97. The number of benzene rings is 2. The van der Waals surface area contributed by atoms with Crippen LogP contribution in [0.4, 0.5) is 5.69 Å². The average molecular weight is 337 g/mol. The third-order valence-electron chi connectivity index (χ3n) is 3.97. The van der Waals surface area contributed by atoms with E-state index in [4.69, 9.17) is 9.15 Å². The van der Waals surface area contributed by atoms with Crippen molar-refractivity contribution in [3.05, 3.63) is 70.1 Å². The van der Waals surface area contributed by atoms with Gasteiger partial charge >= 0.3 is 5.63 Å². The Kier molecular flexibility index (Phi) is 4.84. The molecule has 1 heterocycles. The Bertz CT molecular complexity index is 975. The molecule has 0 aliphatic heterocycles. The van der Waals surface area contributed by atoms with Crippen molar-refractivity contribution in [2.45, 2.75) is 20.3 Å². The summed E-state index contributed by atoms with van der Waals surface area (Å²) >= 11 is 0. The molecule has 0 radical (unpaired) electrons. The molecule has 0 bridgehead atoms. The van der Waals surface area contributed by atoms with Crippen LogP contribution in [0.1, 0.15) is 18.1 Å². The van der Waals surface area contributed by atoms with Crippen molar-refractivity contribution in [2.75, 3.05) is 11.9 Å². The van der Waals surface area contributed by atoms with Gasteiger partial charge in [-0.15, -0.1) is 0 Å². The van der Waals surface area contributed by atoms with E-state index >= 15 is 0 Å². The number of hydrogen-bond acceptors (Lipinski definition) is 4. The van der Waals surface area contributed by atoms with Crippen LogP contribution in [0.2, 0.25) is 0 Å². The summed E-state index contributed by atoms with van der Waals surface area (Å²) in [6.07, 6.45) is 0.834. The maximum absolute atomic E-state index is 12.1. The first-order chi connectivity index (χ1) is 12.1. The molecule has 0 spiro atoms. The first-order valence-electron chi connectivity index (χ1n) is 8.12. The fourth-order valence-corrected chi connectivity index (χ4v) is 2.68. The number of hydrogen-bond donors (Lipinski definition) is 1. The number of carbonyl (C=O) groups is 1. The van der Waals surface area contributed by atoms with E-state index in [1.54, 1.807) is 12.1 Å². The molecule has 1 aromatic heterocycles. The summed E-state index contributed by atoms with van der Waals surface area (Å²) in [5.41, 5.74) is 2.74. The Hall–Kier alpha value is -3.08. The fourth-order valence-electron chi connectivity index (χ4n) is 2.68. The summed E-state index contributed by atoms with van der Waals surface area (Å²) in [4.78, 5) is 23.6. The van der Waals surface area contributed by atoms with E-state index in [1.807, 2.05) is 44.2 Å². The number of para-hydroxylation sites is 1. The third kappa shape index (κ3) is 3.88. The summed E-state index contributed by atoms with van der Waals surface area (Å²) in [5, 5.41) is 3.69. The van der Waals surface area contributed by atoms with Crippen LogP contribution in [0, 0.1) is 6.92 Å². The molecule has 5 nitrogen and oxygen atoms in total. The zero-order chi connectivity index (χ0) is 17.8. The molecule has 0 aliphatic carbocycles. The van der Waals surface area contributed by atoms with Gasteiger partial charge in [-0.3, -0.25) is 4.79 Å². The van der Waals surface area contributed by atoms with Gasteiger partial charge in [-0.1, -0.05) is 25.1 Å². The molecule has 0 saturated carbocycles. The number of aryl methyl sites for hydroxylation is 2. The van der Waals surface area contributed by atoms with Gasteiger partial charge < -0.3 is 14.5 Å². The van der Waals surface area contributed by atoms with E-state index in [0.717, 1.165) is 28.6 Å². The summed E-state index contributed by atoms with van der Waals surface area (Å²) in [7, 11) is 0. The van der Waals surface area contributed by atoms with Gasteiger partial charge in [0.2, 0.25) is 0 Å². The first kappa shape index (κ1) is 16.8. The lowest BCUT2D eigenvalue weighted by Gasteiger charge is -2.11. The van der Waals surface area contributed by atoms with Crippen molar-refractivity contribution in [3.8, 4) is 5.75 Å². The molecule has 128 valence electrons. The highest BCUT2D eigenvalue weighted by Crippen LogP contribution is 2.22. The minimum absolute atomic E-state index is 0.125. The molecule has 0 aliphatic rings. The number of nitrogens with one attached hydrogen (secondary N) is 1. The van der Waals surface area contributed by atoms with E-state index in [1.165, 1.54) is 6.07 Å². The molecular weight excluding hydrogens is 318 g/mol. The molecule has 25 heavy (non-hydrogen) atoms. The van der Waals surface area contributed by atoms with Crippen LogP contribution in [-0.2, 0) is 11.2 Å². The summed E-state index contributed by atoms with van der Waals surface area (Å²) in [6, 6.07) is 14.3. The van der Waals surface area contributed by atoms with Crippen molar-refractivity contribution in [3.63, 3.8) is 0 Å². The van der Waals surface area contributed by atoms with E-state index < -0.39 is 5.63 Å². The molecule has 1 N–H and O–H groups in total. The van der Waals surface area contributed by atoms with Gasteiger partial charge in [0, 0.05) is 23.2 Å². The number of rotatable bonds is 5. The quantitative estimate of drug-likeness (QED) is 0.721. The lowest BCUT2D eigenvalue weighted by molar-refractivity contribution is -0.118. The van der Waals surface area contributed by atoms with Gasteiger partial charge in [0.1, 0.15) is 11.3 Å². The zero-order valence-corrected chi connectivity index (χ0v) is 14.2. The lowest BCUT2D eigenvalue weighted by Crippen LogP contribution is -2.20. The van der Waals surface area contributed by atoms with Crippen LogP contribution in [0.25, 0.3) is 11.0 Å². The van der Waals surface area contributed by atoms with Crippen LogP contribution in [0.3, 0.4) is 0 Å². The predicted octanol–water partition coefficient (Wildman–Crippen LogP) is 3.68. The normalized spacial score (nSPS) is 10.6. The largest absolute Gasteiger partial charge is 0.484 e. The molecule has 3 rings (SSSR count). The van der Waals surface area contributed by atoms with Crippen LogP contribution in [0.15, 0.2) is 57.7 Å². The highest BCUT2D eigenvalue weighted by Gasteiger charge is 2.08. The van der Waals surface area contributed by atoms with Gasteiger partial charge in [0.25, 0.3) is 5.91 Å². The predicted molar refractivity (Wildman–Crippen MR) is 97.2 cm³/mol. The van der Waals surface area contributed by atoms with E-state index in [-0.39, 0.29) is 12.5 Å². The molecule has 3 aromatic rings. The molecule has 0 unspecified atom stereocenters. The number of carbonyl (C=O) groups excluding carboxylic acids is 1. The van der Waals surface area contributed by atoms with Gasteiger partial charge in [-0.2, -0.15) is 0 Å². The summed E-state index contributed by atoms with van der Waals surface area (Å²) < 4.78 is 10.7. The molecule has 0 atom stereocenters. The number of fused-ring (bicyclic) bond motifs is 1. The number of anilines is 1. The Morgan fingerprint density at radius 3 is 2.76 bits per heavy atom. The average Bonchev–Trinajstić information content (AvgIpc) is 2.60. The second-order valence-electron chi connectivity index (χ2n) is 5.75. The van der Waals surface area contributed by atoms with Gasteiger partial charge in [0.15, 0.2) is 6.61 Å². The van der Waals surface area contributed by atoms with Gasteiger partial charge in [0.05, 0.1) is 0 Å². The van der Waals surface area contributed by atoms with Crippen LogP contribution < -0.4 is 15.7 Å². The smallest absolute Gasteiger partial charge is 0.336 e. The van der Waals surface area contributed by atoms with Crippen LogP contribution >= 0.6 is 0 Å². The molecule has 0 fully saturated rings. The standard InChI is InChI=1S/C20H19NO4/c1-3-14-6-4-5-7-17(14)21-19(22)12-24-15-8-9-16-13(2)10-20(23)25-18(16)11-15/h4-11H,3,12H2,1-2H3,(H,21,22). The van der Waals surface area contributed by atoms with Crippen molar-refractivity contribution in [2.24, 2.45) is 0 Å². The van der Waals surface area contributed by atoms with Crippen molar-refractivity contribution >= 4 is 22.6 Å². The fraction of sp³-hybridized carbons (Fsp3) is 0.200. The van der Waals surface area contributed by atoms with Crippen molar-refractivity contribution < 1.29 is 13.9 Å². The van der Waals surface area contributed by atoms with Crippen molar-refractivity contribution in [1.82, 2.24) is 0 Å². The SMILES string of the molecule is CCc1ccccc1NC(=O)COc1ccc2c(C)cc(=O)oc2c1. The van der Waals surface area contributed by atoms with Crippen LogP contribution in [0.5, 0.6) is 5.75 Å². The van der Waals surface area contributed by atoms with Crippen molar-refractivity contribution in [1.29, 1.82) is 0 Å². The Morgan fingerprint density at radius 2 is 1.96 bits per heavy atom. The second kappa shape index (κ2) is 7.21. The first-order valence-corrected chi connectivity index (χ1v) is 8.12. The summed E-state index contributed by atoms with van der Waals surface area (Å²) in [5.74, 6) is 0.229. The van der Waals surface area contributed by atoms with E-state index in [2.05, 4.69) is 5.32 Å². The van der Waals surface area contributed by atoms with Gasteiger partial charge in [-0.25, -0.2) is 4.79 Å². The minimum Gasteiger partial charge on any atom is -0.484 e. The van der Waals surface area contributed by atoms with E-state index in [9.17, 15) is 9.59 Å². The van der Waals surface area contributed by atoms with Crippen LogP contribution in [-0.4, -0.2) is 12.5 Å². The monoisotopic (exact) mass is 337 g/mol. The number of amides is 1. The minimum atomic E-state index is -0.406. The van der Waals surface area contributed by atoms with E-state index in [0.29, 0.717) is 11.3 Å². The zero-order valence-electron chi connectivity index (χ0n) is 14.2.